The van der Waals surface area contributed by atoms with Crippen molar-refractivity contribution >= 4 is 33.2 Å². The number of hydrogen-bond acceptors (Lipinski definition) is 6. The first kappa shape index (κ1) is 20.0. The Labute approximate surface area is 184 Å². The predicted octanol–water partition coefficient (Wildman–Crippen LogP) is 4.12. The van der Waals surface area contributed by atoms with Gasteiger partial charge >= 0.3 is 0 Å². The molecule has 0 N–H and O–H groups in total. The van der Waals surface area contributed by atoms with Gasteiger partial charge in [-0.2, -0.15) is 0 Å². The van der Waals surface area contributed by atoms with Gasteiger partial charge in [0.25, 0.3) is 0 Å². The van der Waals surface area contributed by atoms with Crippen LogP contribution in [0.3, 0.4) is 0 Å². The Morgan fingerprint density at radius 3 is 2.61 bits per heavy atom. The number of para-hydroxylation sites is 1. The fourth-order valence-electron chi connectivity index (χ4n) is 4.22. The Kier molecular flexibility index (Phi) is 5.59. The molecule has 5 rings (SSSR count). The summed E-state index contributed by atoms with van der Waals surface area (Å²) in [4.78, 5) is 32.1. The fraction of sp³-hybridized carbons (Fsp3) is 0.375. The van der Waals surface area contributed by atoms with Gasteiger partial charge in [-0.1, -0.05) is 12.1 Å². The molecule has 0 unspecified atom stereocenters. The summed E-state index contributed by atoms with van der Waals surface area (Å²) >= 11 is 1.65. The van der Waals surface area contributed by atoms with Gasteiger partial charge in [0.1, 0.15) is 13.2 Å². The Hall–Kier alpha value is -2.93. The maximum Gasteiger partial charge on any atom is 0.222 e. The number of ether oxygens (including phenoxy) is 2. The molecule has 6 nitrogen and oxygen atoms in total. The number of Topliss-reactive ketones (excluding diaryl/α,β-unsaturated/α-hetero) is 1. The van der Waals surface area contributed by atoms with Gasteiger partial charge in [-0.3, -0.25) is 9.59 Å². The number of ketones is 1. The molecule has 1 aromatic heterocycles. The van der Waals surface area contributed by atoms with Crippen molar-refractivity contribution in [1.29, 1.82) is 0 Å². The van der Waals surface area contributed by atoms with Gasteiger partial charge < -0.3 is 14.4 Å². The summed E-state index contributed by atoms with van der Waals surface area (Å²) in [6, 6.07) is 13.4. The highest BCUT2D eigenvalue weighted by atomic mass is 32.1. The minimum Gasteiger partial charge on any atom is -0.486 e. The lowest BCUT2D eigenvalue weighted by Gasteiger charge is -2.31. The Balaban J connectivity index is 1.14. The third-order valence-electron chi connectivity index (χ3n) is 5.94. The summed E-state index contributed by atoms with van der Waals surface area (Å²) in [5.74, 6) is 1.54. The first-order valence-electron chi connectivity index (χ1n) is 10.7. The van der Waals surface area contributed by atoms with Gasteiger partial charge in [0.05, 0.1) is 15.2 Å². The quantitative estimate of drug-likeness (QED) is 0.563. The van der Waals surface area contributed by atoms with Crippen LogP contribution in [0.15, 0.2) is 42.5 Å². The number of aryl methyl sites for hydroxylation is 1. The molecule has 1 saturated heterocycles. The van der Waals surface area contributed by atoms with Crippen molar-refractivity contribution in [3.8, 4) is 11.5 Å². The van der Waals surface area contributed by atoms with Gasteiger partial charge in [-0.15, -0.1) is 11.3 Å². The highest BCUT2D eigenvalue weighted by molar-refractivity contribution is 7.18. The number of nitrogens with zero attached hydrogens (tertiary/aromatic N) is 2. The van der Waals surface area contributed by atoms with Crippen LogP contribution in [0, 0.1) is 5.92 Å². The van der Waals surface area contributed by atoms with E-state index in [1.54, 1.807) is 17.4 Å². The summed E-state index contributed by atoms with van der Waals surface area (Å²) in [5, 5.41) is 0.998. The van der Waals surface area contributed by atoms with E-state index in [2.05, 4.69) is 11.1 Å². The van der Waals surface area contributed by atoms with E-state index in [4.69, 9.17) is 9.47 Å². The van der Waals surface area contributed by atoms with Gasteiger partial charge in [0.2, 0.25) is 5.91 Å². The number of rotatable bonds is 5. The van der Waals surface area contributed by atoms with E-state index in [0.717, 1.165) is 15.2 Å². The number of hydrogen-bond donors (Lipinski definition) is 0. The molecule has 2 aromatic carbocycles. The zero-order valence-corrected chi connectivity index (χ0v) is 18.0. The van der Waals surface area contributed by atoms with Crippen LogP contribution >= 0.6 is 11.3 Å². The summed E-state index contributed by atoms with van der Waals surface area (Å²) < 4.78 is 12.3. The molecule has 1 amide bonds. The van der Waals surface area contributed by atoms with Crippen LogP contribution in [-0.2, 0) is 11.2 Å². The van der Waals surface area contributed by atoms with E-state index in [0.29, 0.717) is 69.0 Å². The van der Waals surface area contributed by atoms with Gasteiger partial charge in [-0.25, -0.2) is 4.98 Å². The monoisotopic (exact) mass is 436 g/mol. The maximum atomic E-state index is 13.0. The molecule has 1 fully saturated rings. The minimum absolute atomic E-state index is 0.0594. The molecule has 31 heavy (non-hydrogen) atoms. The summed E-state index contributed by atoms with van der Waals surface area (Å²) in [6.07, 6.45) is 2.51. The second-order valence-corrected chi connectivity index (χ2v) is 9.07. The largest absolute Gasteiger partial charge is 0.486 e. The fourth-order valence-corrected chi connectivity index (χ4v) is 5.19. The van der Waals surface area contributed by atoms with Crippen molar-refractivity contribution < 1.29 is 19.1 Å². The molecular weight excluding hydrogens is 412 g/mol. The molecule has 7 heteroatoms. The first-order chi connectivity index (χ1) is 15.2. The van der Waals surface area contributed by atoms with E-state index in [1.165, 1.54) is 0 Å². The molecule has 0 spiro atoms. The third-order valence-corrected chi connectivity index (χ3v) is 7.03. The van der Waals surface area contributed by atoms with Crippen molar-refractivity contribution in [3.05, 3.63) is 53.0 Å². The normalized spacial score (nSPS) is 16.5. The number of amides is 1. The topological polar surface area (TPSA) is 68.7 Å². The van der Waals surface area contributed by atoms with Gasteiger partial charge in [-0.05, 0) is 43.2 Å². The number of thiazole rings is 1. The molecule has 0 bridgehead atoms. The number of likely N-dealkylation sites (tertiary alicyclic amines) is 1. The van der Waals surface area contributed by atoms with Crippen LogP contribution in [0.25, 0.3) is 10.2 Å². The van der Waals surface area contributed by atoms with Crippen LogP contribution in [0.2, 0.25) is 0 Å². The Bertz CT molecular complexity index is 1080. The van der Waals surface area contributed by atoms with Crippen molar-refractivity contribution in [2.24, 2.45) is 5.92 Å². The standard InChI is InChI=1S/C24H24N2O4S/c27-23(8-7-22-25-18-3-1-2-4-21(18)31-22)26-11-9-16(10-12-26)24(28)17-5-6-19-20(15-17)30-14-13-29-19/h1-6,15-16H,7-14H2. The number of benzene rings is 2. The molecule has 0 saturated carbocycles. The lowest BCUT2D eigenvalue weighted by Crippen LogP contribution is -2.40. The predicted molar refractivity (Wildman–Crippen MR) is 119 cm³/mol. The second-order valence-electron chi connectivity index (χ2n) is 7.95. The van der Waals surface area contributed by atoms with Crippen LogP contribution in [0.1, 0.15) is 34.6 Å². The van der Waals surface area contributed by atoms with Crippen LogP contribution in [0.5, 0.6) is 11.5 Å². The second kappa shape index (κ2) is 8.67. The zero-order chi connectivity index (χ0) is 21.2. The Morgan fingerprint density at radius 2 is 1.81 bits per heavy atom. The number of aromatic nitrogens is 1. The van der Waals surface area contributed by atoms with E-state index in [-0.39, 0.29) is 17.6 Å². The minimum atomic E-state index is -0.0594. The van der Waals surface area contributed by atoms with Crippen molar-refractivity contribution in [3.63, 3.8) is 0 Å². The maximum absolute atomic E-state index is 13.0. The van der Waals surface area contributed by atoms with Crippen molar-refractivity contribution in [1.82, 2.24) is 9.88 Å². The van der Waals surface area contributed by atoms with E-state index in [1.807, 2.05) is 35.2 Å². The molecular formula is C24H24N2O4S. The SMILES string of the molecule is O=C(c1ccc2c(c1)OCCO2)C1CCN(C(=O)CCc2nc3ccccc3s2)CC1. The van der Waals surface area contributed by atoms with Crippen molar-refractivity contribution in [2.75, 3.05) is 26.3 Å². The average molecular weight is 437 g/mol. The lowest BCUT2D eigenvalue weighted by atomic mass is 9.88. The van der Waals surface area contributed by atoms with E-state index < -0.39 is 0 Å². The molecule has 3 heterocycles. The molecule has 0 radical (unpaired) electrons. The molecule has 2 aliphatic rings. The highest BCUT2D eigenvalue weighted by Crippen LogP contribution is 2.32. The summed E-state index contributed by atoms with van der Waals surface area (Å²) in [6.45, 7) is 2.28. The lowest BCUT2D eigenvalue weighted by molar-refractivity contribution is -0.132. The average Bonchev–Trinajstić information content (AvgIpc) is 3.25. The number of carbonyl (C=O) groups excluding carboxylic acids is 2. The van der Waals surface area contributed by atoms with Gasteiger partial charge in [0.15, 0.2) is 17.3 Å². The highest BCUT2D eigenvalue weighted by Gasteiger charge is 2.28. The van der Waals surface area contributed by atoms with E-state index in [9.17, 15) is 9.59 Å². The van der Waals surface area contributed by atoms with Crippen LogP contribution in [-0.4, -0.2) is 47.9 Å². The smallest absolute Gasteiger partial charge is 0.222 e. The van der Waals surface area contributed by atoms with Gasteiger partial charge in [0, 0.05) is 37.4 Å². The molecule has 2 aliphatic heterocycles. The molecule has 0 atom stereocenters. The van der Waals surface area contributed by atoms with Crippen molar-refractivity contribution in [2.45, 2.75) is 25.7 Å². The third kappa shape index (κ3) is 4.28. The van der Waals surface area contributed by atoms with E-state index >= 15 is 0 Å². The van der Waals surface area contributed by atoms with Crippen LogP contribution < -0.4 is 9.47 Å². The van der Waals surface area contributed by atoms with Crippen LogP contribution in [0.4, 0.5) is 0 Å². The molecule has 3 aromatic rings. The summed E-state index contributed by atoms with van der Waals surface area (Å²) in [7, 11) is 0. The number of piperidine rings is 1. The zero-order valence-electron chi connectivity index (χ0n) is 17.2. The molecule has 160 valence electrons. The number of carbonyl (C=O) groups is 2. The summed E-state index contributed by atoms with van der Waals surface area (Å²) in [5.41, 5.74) is 1.65. The Morgan fingerprint density at radius 1 is 1.03 bits per heavy atom. The number of fused-ring (bicyclic) bond motifs is 2. The molecule has 0 aliphatic carbocycles. The first-order valence-corrected chi connectivity index (χ1v) is 11.5.